The third-order valence-corrected chi connectivity index (χ3v) is 8.87. The molecule has 1 aromatic carbocycles. The van der Waals surface area contributed by atoms with Gasteiger partial charge in [0, 0.05) is 39.3 Å². The SMILES string of the molecule is CCN(CC)S(=O)(=O)c1ccc(N2CCCC2)c(C(=O)OCC(=O)N(C)C2CCCCC2)c1. The number of nitrogens with zero attached hydrogens (tertiary/aromatic N) is 3. The Morgan fingerprint density at radius 2 is 1.67 bits per heavy atom. The maximum absolute atomic E-state index is 13.1. The number of esters is 1. The minimum atomic E-state index is -3.72. The second kappa shape index (κ2) is 11.3. The number of rotatable bonds is 9. The number of carbonyl (C=O) groups excluding carboxylic acids is 2. The molecule has 33 heavy (non-hydrogen) atoms. The van der Waals surface area contributed by atoms with Crippen LogP contribution in [-0.4, -0.2) is 75.4 Å². The molecule has 184 valence electrons. The van der Waals surface area contributed by atoms with E-state index in [1.165, 1.54) is 16.8 Å². The van der Waals surface area contributed by atoms with E-state index in [4.69, 9.17) is 4.74 Å². The summed E-state index contributed by atoms with van der Waals surface area (Å²) in [7, 11) is -1.96. The molecule has 1 aliphatic heterocycles. The smallest absolute Gasteiger partial charge is 0.340 e. The van der Waals surface area contributed by atoms with Crippen molar-refractivity contribution in [2.45, 2.75) is 69.7 Å². The van der Waals surface area contributed by atoms with E-state index in [1.54, 1.807) is 37.9 Å². The van der Waals surface area contributed by atoms with Gasteiger partial charge < -0.3 is 14.5 Å². The molecule has 0 unspecified atom stereocenters. The highest BCUT2D eigenvalue weighted by Crippen LogP contribution is 2.29. The van der Waals surface area contributed by atoms with Crippen molar-refractivity contribution in [2.75, 3.05) is 44.7 Å². The van der Waals surface area contributed by atoms with Gasteiger partial charge in [-0.1, -0.05) is 33.1 Å². The lowest BCUT2D eigenvalue weighted by molar-refractivity contribution is -0.135. The average molecular weight is 480 g/mol. The van der Waals surface area contributed by atoms with Crippen LogP contribution in [0.2, 0.25) is 0 Å². The molecular formula is C24H37N3O5S. The minimum Gasteiger partial charge on any atom is -0.452 e. The first-order chi connectivity index (χ1) is 15.8. The average Bonchev–Trinajstić information content (AvgIpc) is 3.37. The van der Waals surface area contributed by atoms with Crippen molar-refractivity contribution >= 4 is 27.6 Å². The van der Waals surface area contributed by atoms with Crippen molar-refractivity contribution in [3.8, 4) is 0 Å². The van der Waals surface area contributed by atoms with Gasteiger partial charge in [-0.2, -0.15) is 4.31 Å². The van der Waals surface area contributed by atoms with E-state index in [2.05, 4.69) is 4.90 Å². The van der Waals surface area contributed by atoms with Gasteiger partial charge in [0.2, 0.25) is 10.0 Å². The molecule has 1 amide bonds. The fourth-order valence-electron chi connectivity index (χ4n) is 4.76. The molecule has 0 bridgehead atoms. The van der Waals surface area contributed by atoms with E-state index >= 15 is 0 Å². The van der Waals surface area contributed by atoms with Gasteiger partial charge in [0.25, 0.3) is 5.91 Å². The van der Waals surface area contributed by atoms with Crippen molar-refractivity contribution in [2.24, 2.45) is 0 Å². The summed E-state index contributed by atoms with van der Waals surface area (Å²) in [5.74, 6) is -0.899. The molecule has 0 spiro atoms. The molecule has 0 radical (unpaired) electrons. The molecule has 3 rings (SSSR count). The van der Waals surface area contributed by atoms with Crippen LogP contribution >= 0.6 is 0 Å². The molecule has 8 nitrogen and oxygen atoms in total. The number of likely N-dealkylation sites (N-methyl/N-ethyl adjacent to an activating group) is 1. The van der Waals surface area contributed by atoms with Crippen LogP contribution < -0.4 is 4.90 Å². The van der Waals surface area contributed by atoms with Gasteiger partial charge in [0.1, 0.15) is 0 Å². The maximum atomic E-state index is 13.1. The number of amides is 1. The van der Waals surface area contributed by atoms with E-state index < -0.39 is 16.0 Å². The van der Waals surface area contributed by atoms with E-state index in [1.807, 2.05) is 0 Å². The summed E-state index contributed by atoms with van der Waals surface area (Å²) in [5.41, 5.74) is 0.849. The molecule has 2 fully saturated rings. The summed E-state index contributed by atoms with van der Waals surface area (Å²) in [6.45, 7) is 5.49. The third kappa shape index (κ3) is 5.87. The Hall–Kier alpha value is -2.13. The molecular weight excluding hydrogens is 442 g/mol. The normalized spacial score (nSPS) is 17.4. The van der Waals surface area contributed by atoms with Crippen molar-refractivity contribution < 1.29 is 22.7 Å². The first kappa shape index (κ1) is 25.5. The van der Waals surface area contributed by atoms with E-state index in [0.717, 1.165) is 51.6 Å². The Labute approximate surface area is 197 Å². The van der Waals surface area contributed by atoms with Gasteiger partial charge in [-0.25, -0.2) is 13.2 Å². The summed E-state index contributed by atoms with van der Waals surface area (Å²) >= 11 is 0. The minimum absolute atomic E-state index is 0.0618. The van der Waals surface area contributed by atoms with E-state index in [9.17, 15) is 18.0 Å². The summed E-state index contributed by atoms with van der Waals surface area (Å²) in [6, 6.07) is 4.83. The number of hydrogen-bond donors (Lipinski definition) is 0. The van der Waals surface area contributed by atoms with Gasteiger partial charge in [-0.15, -0.1) is 0 Å². The van der Waals surface area contributed by atoms with E-state index in [-0.39, 0.29) is 29.0 Å². The van der Waals surface area contributed by atoms with Gasteiger partial charge in [-0.05, 0) is 43.9 Å². The second-order valence-electron chi connectivity index (χ2n) is 8.84. The molecule has 1 aromatic rings. The molecule has 1 saturated carbocycles. The monoisotopic (exact) mass is 479 g/mol. The van der Waals surface area contributed by atoms with Crippen molar-refractivity contribution in [3.63, 3.8) is 0 Å². The molecule has 1 aliphatic carbocycles. The van der Waals surface area contributed by atoms with Gasteiger partial charge in [0.05, 0.1) is 16.1 Å². The van der Waals surface area contributed by atoms with Crippen LogP contribution in [0.3, 0.4) is 0 Å². The van der Waals surface area contributed by atoms with Gasteiger partial charge >= 0.3 is 5.97 Å². The topological polar surface area (TPSA) is 87.2 Å². The predicted molar refractivity (Wildman–Crippen MR) is 128 cm³/mol. The largest absolute Gasteiger partial charge is 0.452 e. The Bertz CT molecular complexity index is 933. The first-order valence-electron chi connectivity index (χ1n) is 12.1. The Balaban J connectivity index is 1.81. The number of benzene rings is 1. The molecule has 0 aromatic heterocycles. The fourth-order valence-corrected chi connectivity index (χ4v) is 6.25. The van der Waals surface area contributed by atoms with Crippen molar-refractivity contribution in [3.05, 3.63) is 23.8 Å². The van der Waals surface area contributed by atoms with Crippen LogP contribution in [0.1, 0.15) is 69.2 Å². The molecule has 1 heterocycles. The number of anilines is 1. The lowest BCUT2D eigenvalue weighted by atomic mass is 9.94. The van der Waals surface area contributed by atoms with Crippen LogP contribution in [0.15, 0.2) is 23.1 Å². The highest BCUT2D eigenvalue weighted by Gasteiger charge is 2.28. The third-order valence-electron chi connectivity index (χ3n) is 6.82. The van der Waals surface area contributed by atoms with Crippen LogP contribution in [0, 0.1) is 0 Å². The fraction of sp³-hybridized carbons (Fsp3) is 0.667. The Morgan fingerprint density at radius 3 is 2.27 bits per heavy atom. The Kier molecular flexibility index (Phi) is 8.75. The van der Waals surface area contributed by atoms with Gasteiger partial charge in [0.15, 0.2) is 6.61 Å². The lowest BCUT2D eigenvalue weighted by Crippen LogP contribution is -2.40. The van der Waals surface area contributed by atoms with Crippen LogP contribution in [0.4, 0.5) is 5.69 Å². The summed E-state index contributed by atoms with van der Waals surface area (Å²) in [6.07, 6.45) is 7.38. The zero-order valence-corrected chi connectivity index (χ0v) is 20.9. The molecule has 2 aliphatic rings. The number of hydrogen-bond acceptors (Lipinski definition) is 6. The van der Waals surface area contributed by atoms with Crippen LogP contribution in [0.5, 0.6) is 0 Å². The zero-order chi connectivity index (χ0) is 24.0. The standard InChI is InChI=1S/C24H37N3O5S/c1-4-27(5-2)33(30,31)20-13-14-22(26-15-9-10-16-26)21(17-20)24(29)32-18-23(28)25(3)19-11-7-6-8-12-19/h13-14,17,19H,4-12,15-16,18H2,1-3H3. The Morgan fingerprint density at radius 1 is 1.03 bits per heavy atom. The molecule has 0 atom stereocenters. The maximum Gasteiger partial charge on any atom is 0.340 e. The molecule has 1 saturated heterocycles. The number of ether oxygens (including phenoxy) is 1. The number of sulfonamides is 1. The second-order valence-corrected chi connectivity index (χ2v) is 10.8. The van der Waals surface area contributed by atoms with Gasteiger partial charge in [-0.3, -0.25) is 4.79 Å². The first-order valence-corrected chi connectivity index (χ1v) is 13.6. The quantitative estimate of drug-likeness (QED) is 0.505. The zero-order valence-electron chi connectivity index (χ0n) is 20.1. The van der Waals surface area contributed by atoms with Crippen LogP contribution in [0.25, 0.3) is 0 Å². The predicted octanol–water partition coefficient (Wildman–Crippen LogP) is 3.27. The van der Waals surface area contributed by atoms with E-state index in [0.29, 0.717) is 18.8 Å². The summed E-state index contributed by atoms with van der Waals surface area (Å²) < 4.78 is 32.8. The molecule has 9 heteroatoms. The highest BCUT2D eigenvalue weighted by molar-refractivity contribution is 7.89. The van der Waals surface area contributed by atoms with Crippen molar-refractivity contribution in [1.82, 2.24) is 9.21 Å². The highest BCUT2D eigenvalue weighted by atomic mass is 32.2. The van der Waals surface area contributed by atoms with Crippen molar-refractivity contribution in [1.29, 1.82) is 0 Å². The molecule has 0 N–H and O–H groups in total. The lowest BCUT2D eigenvalue weighted by Gasteiger charge is -2.31. The summed E-state index contributed by atoms with van der Waals surface area (Å²) in [4.78, 5) is 29.6. The number of carbonyl (C=O) groups is 2. The summed E-state index contributed by atoms with van der Waals surface area (Å²) in [5, 5.41) is 0. The van der Waals surface area contributed by atoms with Crippen LogP contribution in [-0.2, 0) is 19.6 Å².